The number of alkyl halides is 2. The van der Waals surface area contributed by atoms with Crippen molar-refractivity contribution in [1.29, 1.82) is 0 Å². The van der Waals surface area contributed by atoms with Gasteiger partial charge in [-0.05, 0) is 37.1 Å². The van der Waals surface area contributed by atoms with Crippen molar-refractivity contribution < 1.29 is 13.2 Å². The second-order valence-corrected chi connectivity index (χ2v) is 4.30. The molecule has 4 heteroatoms. The molecule has 1 fully saturated rings. The SMILES string of the molecule is Fc1ccc(N[C@@H]2CCCC(F)(F)C2)cc1. The summed E-state index contributed by atoms with van der Waals surface area (Å²) in [6, 6.07) is 5.57. The van der Waals surface area contributed by atoms with Crippen LogP contribution in [0, 0.1) is 5.82 Å². The summed E-state index contributed by atoms with van der Waals surface area (Å²) in [5.41, 5.74) is 0.698. The Morgan fingerprint density at radius 2 is 1.88 bits per heavy atom. The van der Waals surface area contributed by atoms with Crippen LogP contribution in [0.3, 0.4) is 0 Å². The third kappa shape index (κ3) is 2.90. The van der Waals surface area contributed by atoms with E-state index in [1.54, 1.807) is 12.1 Å². The molecule has 0 heterocycles. The standard InChI is InChI=1S/C12H14F3N/c13-9-3-5-10(6-4-9)16-11-2-1-7-12(14,15)8-11/h3-6,11,16H,1-2,7-8H2/t11-/m1/s1. The minimum Gasteiger partial charge on any atom is -0.382 e. The van der Waals surface area contributed by atoms with Crippen molar-refractivity contribution in [2.75, 3.05) is 5.32 Å². The minimum atomic E-state index is -2.56. The number of nitrogens with one attached hydrogen (secondary N) is 1. The van der Waals surface area contributed by atoms with Crippen LogP contribution in [0.4, 0.5) is 18.9 Å². The number of rotatable bonds is 2. The van der Waals surface area contributed by atoms with E-state index in [1.165, 1.54) is 12.1 Å². The molecule has 1 aliphatic carbocycles. The van der Waals surface area contributed by atoms with E-state index >= 15 is 0 Å². The maximum atomic E-state index is 13.1. The smallest absolute Gasteiger partial charge is 0.250 e. The maximum absolute atomic E-state index is 13.1. The van der Waals surface area contributed by atoms with Gasteiger partial charge in [0.1, 0.15) is 5.82 Å². The van der Waals surface area contributed by atoms with Crippen molar-refractivity contribution in [3.8, 4) is 0 Å². The summed E-state index contributed by atoms with van der Waals surface area (Å²) in [7, 11) is 0. The molecule has 0 aromatic heterocycles. The molecular formula is C12H14F3N. The molecule has 0 bridgehead atoms. The number of hydrogen-bond acceptors (Lipinski definition) is 1. The number of halogens is 3. The predicted octanol–water partition coefficient (Wildman–Crippen LogP) is 3.82. The van der Waals surface area contributed by atoms with Crippen molar-refractivity contribution in [2.24, 2.45) is 0 Å². The molecule has 0 spiro atoms. The Hall–Kier alpha value is -1.19. The Balaban J connectivity index is 1.97. The lowest BCUT2D eigenvalue weighted by Gasteiger charge is -2.30. The van der Waals surface area contributed by atoms with Crippen LogP contribution in [0.1, 0.15) is 25.7 Å². The summed E-state index contributed by atoms with van der Waals surface area (Å²) in [5, 5.41) is 3.02. The Kier molecular flexibility index (Phi) is 3.08. The largest absolute Gasteiger partial charge is 0.382 e. The minimum absolute atomic E-state index is 0.0192. The van der Waals surface area contributed by atoms with E-state index in [4.69, 9.17) is 0 Å². The topological polar surface area (TPSA) is 12.0 Å². The first-order valence-corrected chi connectivity index (χ1v) is 5.45. The van der Waals surface area contributed by atoms with E-state index in [0.29, 0.717) is 12.1 Å². The molecular weight excluding hydrogens is 215 g/mol. The van der Waals surface area contributed by atoms with Gasteiger partial charge in [0.2, 0.25) is 5.92 Å². The van der Waals surface area contributed by atoms with E-state index in [0.717, 1.165) is 6.42 Å². The summed E-state index contributed by atoms with van der Waals surface area (Å²) in [6.07, 6.45) is 1.12. The van der Waals surface area contributed by atoms with Gasteiger partial charge in [0.15, 0.2) is 0 Å². The molecule has 0 radical (unpaired) electrons. The molecule has 1 N–H and O–H groups in total. The van der Waals surface area contributed by atoms with Crippen molar-refractivity contribution >= 4 is 5.69 Å². The van der Waals surface area contributed by atoms with E-state index in [1.807, 2.05) is 0 Å². The molecule has 0 unspecified atom stereocenters. The summed E-state index contributed by atoms with van der Waals surface area (Å²) in [6.45, 7) is 0. The maximum Gasteiger partial charge on any atom is 0.250 e. The fraction of sp³-hybridized carbons (Fsp3) is 0.500. The highest BCUT2D eigenvalue weighted by Gasteiger charge is 2.36. The Morgan fingerprint density at radius 3 is 2.50 bits per heavy atom. The molecule has 0 aliphatic heterocycles. The van der Waals surface area contributed by atoms with Crippen LogP contribution in [-0.2, 0) is 0 Å². The molecule has 1 saturated carbocycles. The van der Waals surface area contributed by atoms with Crippen LogP contribution in [-0.4, -0.2) is 12.0 Å². The lowest BCUT2D eigenvalue weighted by molar-refractivity contribution is -0.0373. The first kappa shape index (κ1) is 11.3. The third-order valence-electron chi connectivity index (χ3n) is 2.86. The molecule has 2 rings (SSSR count). The van der Waals surface area contributed by atoms with Crippen LogP contribution >= 0.6 is 0 Å². The van der Waals surface area contributed by atoms with Gasteiger partial charge in [-0.3, -0.25) is 0 Å². The van der Waals surface area contributed by atoms with Gasteiger partial charge in [0.05, 0.1) is 0 Å². The van der Waals surface area contributed by atoms with Crippen LogP contribution in [0.2, 0.25) is 0 Å². The van der Waals surface area contributed by atoms with Crippen molar-refractivity contribution in [3.63, 3.8) is 0 Å². The highest BCUT2D eigenvalue weighted by molar-refractivity contribution is 5.43. The number of hydrogen-bond donors (Lipinski definition) is 1. The molecule has 88 valence electrons. The second kappa shape index (κ2) is 4.36. The molecule has 1 aromatic carbocycles. The molecule has 1 aromatic rings. The normalized spacial score (nSPS) is 24.1. The van der Waals surface area contributed by atoms with E-state index in [-0.39, 0.29) is 24.7 Å². The Morgan fingerprint density at radius 1 is 1.19 bits per heavy atom. The second-order valence-electron chi connectivity index (χ2n) is 4.30. The number of benzene rings is 1. The fourth-order valence-corrected chi connectivity index (χ4v) is 2.08. The quantitative estimate of drug-likeness (QED) is 0.813. The average molecular weight is 229 g/mol. The summed E-state index contributed by atoms with van der Waals surface area (Å²) in [4.78, 5) is 0. The van der Waals surface area contributed by atoms with Crippen molar-refractivity contribution in [3.05, 3.63) is 30.1 Å². The van der Waals surface area contributed by atoms with Crippen molar-refractivity contribution in [2.45, 2.75) is 37.6 Å². The third-order valence-corrected chi connectivity index (χ3v) is 2.86. The molecule has 1 aliphatic rings. The molecule has 1 nitrogen and oxygen atoms in total. The van der Waals surface area contributed by atoms with Crippen LogP contribution in [0.25, 0.3) is 0 Å². The number of anilines is 1. The summed E-state index contributed by atoms with van der Waals surface area (Å²) < 4.78 is 38.9. The molecule has 1 atom stereocenters. The van der Waals surface area contributed by atoms with Gasteiger partial charge in [0.25, 0.3) is 0 Å². The van der Waals surface area contributed by atoms with E-state index < -0.39 is 5.92 Å². The highest BCUT2D eigenvalue weighted by Crippen LogP contribution is 2.34. The van der Waals surface area contributed by atoms with Crippen LogP contribution in [0.15, 0.2) is 24.3 Å². The monoisotopic (exact) mass is 229 g/mol. The summed E-state index contributed by atoms with van der Waals surface area (Å²) >= 11 is 0. The van der Waals surface area contributed by atoms with Gasteiger partial charge in [0, 0.05) is 24.6 Å². The Labute approximate surface area is 92.7 Å². The first-order valence-electron chi connectivity index (χ1n) is 5.45. The van der Waals surface area contributed by atoms with Crippen molar-refractivity contribution in [1.82, 2.24) is 0 Å². The van der Waals surface area contributed by atoms with Gasteiger partial charge >= 0.3 is 0 Å². The Bertz CT molecular complexity index is 348. The van der Waals surface area contributed by atoms with Gasteiger partial charge in [-0.1, -0.05) is 0 Å². The lowest BCUT2D eigenvalue weighted by atomic mass is 9.92. The molecule has 16 heavy (non-hydrogen) atoms. The molecule has 0 amide bonds. The van der Waals surface area contributed by atoms with E-state index in [9.17, 15) is 13.2 Å². The zero-order valence-electron chi connectivity index (χ0n) is 8.85. The highest BCUT2D eigenvalue weighted by atomic mass is 19.3. The average Bonchev–Trinajstić information content (AvgIpc) is 2.20. The lowest BCUT2D eigenvalue weighted by Crippen LogP contribution is -2.34. The first-order chi connectivity index (χ1) is 7.55. The van der Waals surface area contributed by atoms with Gasteiger partial charge < -0.3 is 5.32 Å². The van der Waals surface area contributed by atoms with Gasteiger partial charge in [-0.2, -0.15) is 0 Å². The van der Waals surface area contributed by atoms with Crippen LogP contribution in [0.5, 0.6) is 0 Å². The van der Waals surface area contributed by atoms with E-state index in [2.05, 4.69) is 5.32 Å². The fourth-order valence-electron chi connectivity index (χ4n) is 2.08. The predicted molar refractivity (Wildman–Crippen MR) is 57.2 cm³/mol. The van der Waals surface area contributed by atoms with Crippen LogP contribution < -0.4 is 5.32 Å². The zero-order chi connectivity index (χ0) is 11.6. The molecule has 0 saturated heterocycles. The van der Waals surface area contributed by atoms with Gasteiger partial charge in [-0.15, -0.1) is 0 Å². The summed E-state index contributed by atoms with van der Waals surface area (Å²) in [5.74, 6) is -2.88. The van der Waals surface area contributed by atoms with Gasteiger partial charge in [-0.25, -0.2) is 13.2 Å². The zero-order valence-corrected chi connectivity index (χ0v) is 8.85.